The summed E-state index contributed by atoms with van der Waals surface area (Å²) in [5.74, 6) is -0.00313. The second kappa shape index (κ2) is 9.19. The van der Waals surface area contributed by atoms with Crippen LogP contribution in [0.5, 0.6) is 0 Å². The normalized spacial score (nSPS) is 17.1. The fourth-order valence-corrected chi connectivity index (χ4v) is 3.41. The second-order valence-corrected chi connectivity index (χ2v) is 6.65. The molecule has 0 fully saturated rings. The summed E-state index contributed by atoms with van der Waals surface area (Å²) in [6.07, 6.45) is 10.3. The van der Waals surface area contributed by atoms with Crippen LogP contribution in [0.25, 0.3) is 17.2 Å². The molecule has 0 aromatic heterocycles. The molecule has 1 aliphatic carbocycles. The molecule has 0 radical (unpaired) electrons. The Bertz CT molecular complexity index is 787. The molecule has 2 heteroatoms. The third-order valence-corrected chi connectivity index (χ3v) is 4.85. The molecule has 0 N–H and O–H groups in total. The first-order valence-corrected chi connectivity index (χ1v) is 9.43. The molecule has 0 amide bonds. The van der Waals surface area contributed by atoms with Gasteiger partial charge in [0.2, 0.25) is 0 Å². The molecule has 0 aliphatic heterocycles. The maximum Gasteiger partial charge on any atom is 0.309 e. The predicted octanol–water partition coefficient (Wildman–Crippen LogP) is 6.05. The quantitative estimate of drug-likeness (QED) is 0.470. The van der Waals surface area contributed by atoms with E-state index < -0.39 is 0 Å². The molecule has 0 heterocycles. The summed E-state index contributed by atoms with van der Waals surface area (Å²) < 4.78 is 5.13. The average molecular weight is 346 g/mol. The van der Waals surface area contributed by atoms with E-state index in [0.29, 0.717) is 6.61 Å². The summed E-state index contributed by atoms with van der Waals surface area (Å²) in [6.45, 7) is 2.33. The van der Waals surface area contributed by atoms with Crippen LogP contribution in [0.4, 0.5) is 0 Å². The standard InChI is InChI=1S/C24H26O2/c1-2-26-24(25)22-17-15-19(16-18-22)9-8-13-21-12-6-7-14-23(21)20-10-4-3-5-11-20/h3-8,10-15,22H,2,9,16-18H2,1H3/b13-8-. The van der Waals surface area contributed by atoms with Crippen LogP contribution in [0.3, 0.4) is 0 Å². The zero-order chi connectivity index (χ0) is 18.2. The molecule has 2 aromatic rings. The van der Waals surface area contributed by atoms with Gasteiger partial charge in [0.05, 0.1) is 12.5 Å². The molecule has 134 valence electrons. The molecule has 0 bridgehead atoms. The third-order valence-electron chi connectivity index (χ3n) is 4.85. The summed E-state index contributed by atoms with van der Waals surface area (Å²) in [7, 11) is 0. The van der Waals surface area contributed by atoms with Gasteiger partial charge in [0.15, 0.2) is 0 Å². The number of hydrogen-bond acceptors (Lipinski definition) is 2. The van der Waals surface area contributed by atoms with E-state index >= 15 is 0 Å². The number of hydrogen-bond donors (Lipinski definition) is 0. The summed E-state index contributed by atoms with van der Waals surface area (Å²) in [6, 6.07) is 19.0. The van der Waals surface area contributed by atoms with E-state index in [4.69, 9.17) is 4.74 Å². The van der Waals surface area contributed by atoms with Crippen molar-refractivity contribution in [3.63, 3.8) is 0 Å². The number of esters is 1. The van der Waals surface area contributed by atoms with Gasteiger partial charge in [-0.05, 0) is 49.3 Å². The molecular weight excluding hydrogens is 320 g/mol. The number of carbonyl (C=O) groups excluding carboxylic acids is 1. The number of allylic oxidation sites excluding steroid dienone is 3. The van der Waals surface area contributed by atoms with Gasteiger partial charge < -0.3 is 4.74 Å². The van der Waals surface area contributed by atoms with Crippen LogP contribution in [-0.2, 0) is 9.53 Å². The highest BCUT2D eigenvalue weighted by atomic mass is 16.5. The van der Waals surface area contributed by atoms with E-state index in [1.165, 1.54) is 22.3 Å². The van der Waals surface area contributed by atoms with Gasteiger partial charge in [-0.2, -0.15) is 0 Å². The SMILES string of the molecule is CCOC(=O)C1CC=C(C/C=C\c2ccccc2-c2ccccc2)CC1. The summed E-state index contributed by atoms with van der Waals surface area (Å²) >= 11 is 0. The Morgan fingerprint density at radius 3 is 2.62 bits per heavy atom. The van der Waals surface area contributed by atoms with Crippen molar-refractivity contribution >= 4 is 12.0 Å². The Morgan fingerprint density at radius 1 is 1.12 bits per heavy atom. The van der Waals surface area contributed by atoms with E-state index in [1.54, 1.807) is 0 Å². The van der Waals surface area contributed by atoms with E-state index in [1.807, 2.05) is 13.0 Å². The van der Waals surface area contributed by atoms with Gasteiger partial charge in [-0.1, -0.05) is 78.4 Å². The molecule has 2 nitrogen and oxygen atoms in total. The van der Waals surface area contributed by atoms with E-state index in [2.05, 4.69) is 66.8 Å². The van der Waals surface area contributed by atoms with Crippen LogP contribution in [0.15, 0.2) is 72.3 Å². The number of rotatable bonds is 6. The van der Waals surface area contributed by atoms with Crippen molar-refractivity contribution in [2.24, 2.45) is 5.92 Å². The van der Waals surface area contributed by atoms with Crippen LogP contribution in [0.1, 0.15) is 38.2 Å². The lowest BCUT2D eigenvalue weighted by Crippen LogP contribution is -2.19. The van der Waals surface area contributed by atoms with Crippen molar-refractivity contribution in [1.29, 1.82) is 0 Å². The van der Waals surface area contributed by atoms with Gasteiger partial charge >= 0.3 is 5.97 Å². The molecule has 3 rings (SSSR count). The van der Waals surface area contributed by atoms with Crippen molar-refractivity contribution in [3.05, 3.63) is 77.9 Å². The topological polar surface area (TPSA) is 26.3 Å². The van der Waals surface area contributed by atoms with Crippen molar-refractivity contribution in [2.75, 3.05) is 6.61 Å². The smallest absolute Gasteiger partial charge is 0.309 e. The minimum Gasteiger partial charge on any atom is -0.466 e. The van der Waals surface area contributed by atoms with Crippen molar-refractivity contribution < 1.29 is 9.53 Å². The first-order valence-electron chi connectivity index (χ1n) is 9.43. The molecule has 0 saturated heterocycles. The Balaban J connectivity index is 1.63. The van der Waals surface area contributed by atoms with Gasteiger partial charge in [-0.15, -0.1) is 0 Å². The molecule has 0 saturated carbocycles. The Kier molecular flexibility index (Phi) is 6.43. The molecule has 1 unspecified atom stereocenters. The minimum absolute atomic E-state index is 0.0430. The van der Waals surface area contributed by atoms with Gasteiger partial charge in [-0.25, -0.2) is 0 Å². The Hall–Kier alpha value is -2.61. The van der Waals surface area contributed by atoms with Crippen LogP contribution in [0.2, 0.25) is 0 Å². The zero-order valence-electron chi connectivity index (χ0n) is 15.4. The fourth-order valence-electron chi connectivity index (χ4n) is 3.41. The van der Waals surface area contributed by atoms with Crippen molar-refractivity contribution in [2.45, 2.75) is 32.6 Å². The molecule has 0 spiro atoms. The lowest BCUT2D eigenvalue weighted by Gasteiger charge is -2.19. The van der Waals surface area contributed by atoms with Crippen LogP contribution < -0.4 is 0 Å². The summed E-state index contributed by atoms with van der Waals surface area (Å²) in [4.78, 5) is 11.8. The predicted molar refractivity (Wildman–Crippen MR) is 108 cm³/mol. The van der Waals surface area contributed by atoms with Gasteiger partial charge in [-0.3, -0.25) is 4.79 Å². The van der Waals surface area contributed by atoms with Gasteiger partial charge in [0.1, 0.15) is 0 Å². The van der Waals surface area contributed by atoms with E-state index in [-0.39, 0.29) is 11.9 Å². The molecule has 26 heavy (non-hydrogen) atoms. The van der Waals surface area contributed by atoms with Crippen LogP contribution in [0, 0.1) is 5.92 Å². The number of carbonyl (C=O) groups is 1. The third kappa shape index (κ3) is 4.72. The highest BCUT2D eigenvalue weighted by Crippen LogP contribution is 2.28. The van der Waals surface area contributed by atoms with Crippen molar-refractivity contribution in [1.82, 2.24) is 0 Å². The van der Waals surface area contributed by atoms with E-state index in [9.17, 15) is 4.79 Å². The average Bonchev–Trinajstić information content (AvgIpc) is 2.70. The largest absolute Gasteiger partial charge is 0.466 e. The summed E-state index contributed by atoms with van der Waals surface area (Å²) in [5.41, 5.74) is 5.14. The second-order valence-electron chi connectivity index (χ2n) is 6.65. The lowest BCUT2D eigenvalue weighted by atomic mass is 9.88. The summed E-state index contributed by atoms with van der Waals surface area (Å²) in [5, 5.41) is 0. The molecule has 1 atom stereocenters. The van der Waals surface area contributed by atoms with Crippen LogP contribution in [-0.4, -0.2) is 12.6 Å². The minimum atomic E-state index is -0.0462. The van der Waals surface area contributed by atoms with Gasteiger partial charge in [0.25, 0.3) is 0 Å². The lowest BCUT2D eigenvalue weighted by molar-refractivity contribution is -0.148. The molecular formula is C24H26O2. The highest BCUT2D eigenvalue weighted by Gasteiger charge is 2.21. The zero-order valence-corrected chi connectivity index (χ0v) is 15.4. The molecule has 1 aliphatic rings. The Morgan fingerprint density at radius 2 is 1.88 bits per heavy atom. The first-order chi connectivity index (χ1) is 12.8. The van der Waals surface area contributed by atoms with E-state index in [0.717, 1.165) is 25.7 Å². The fraction of sp³-hybridized carbons (Fsp3) is 0.292. The number of ether oxygens (including phenoxy) is 1. The van der Waals surface area contributed by atoms with Gasteiger partial charge in [0, 0.05) is 0 Å². The maximum atomic E-state index is 11.8. The number of benzene rings is 2. The highest BCUT2D eigenvalue weighted by molar-refractivity contribution is 5.75. The van der Waals surface area contributed by atoms with Crippen LogP contribution >= 0.6 is 0 Å². The Labute approximate surface area is 156 Å². The monoisotopic (exact) mass is 346 g/mol. The molecule has 2 aromatic carbocycles. The first kappa shape index (κ1) is 18.2. The van der Waals surface area contributed by atoms with Crippen molar-refractivity contribution in [3.8, 4) is 11.1 Å². The maximum absolute atomic E-state index is 11.8.